The Kier molecular flexibility index (Phi) is 6.93. The summed E-state index contributed by atoms with van der Waals surface area (Å²) in [5, 5.41) is 4.38. The molecule has 2 rings (SSSR count). The van der Waals surface area contributed by atoms with E-state index in [4.69, 9.17) is 0 Å². The number of halogens is 2. The van der Waals surface area contributed by atoms with Gasteiger partial charge in [0.15, 0.2) is 0 Å². The van der Waals surface area contributed by atoms with Gasteiger partial charge in [-0.15, -0.1) is 0 Å². The smallest absolute Gasteiger partial charge is 0.123 e. The molecule has 7 heteroatoms. The largest absolute Gasteiger partial charge is 0.242 e. The van der Waals surface area contributed by atoms with Gasteiger partial charge in [-0.05, 0) is 87.2 Å². The normalized spacial score (nSPS) is 14.5. The monoisotopic (exact) mass is 429 g/mol. The molecule has 0 saturated heterocycles. The zero-order chi connectivity index (χ0) is 18.6. The predicted octanol–water partition coefficient (Wildman–Crippen LogP) is 4.54. The molecule has 25 heavy (non-hydrogen) atoms. The van der Waals surface area contributed by atoms with Crippen molar-refractivity contribution in [2.24, 2.45) is 0 Å². The molecule has 0 spiro atoms. The van der Waals surface area contributed by atoms with Crippen molar-refractivity contribution in [1.82, 2.24) is 14.5 Å². The van der Waals surface area contributed by atoms with Crippen molar-refractivity contribution in [3.05, 3.63) is 46.4 Å². The summed E-state index contributed by atoms with van der Waals surface area (Å²) in [6, 6.07) is 6.47. The second kappa shape index (κ2) is 8.56. The molecule has 0 aliphatic heterocycles. The van der Waals surface area contributed by atoms with E-state index in [1.165, 1.54) is 12.1 Å². The lowest BCUT2D eigenvalue weighted by Gasteiger charge is -2.22. The molecule has 1 aromatic heterocycles. The summed E-state index contributed by atoms with van der Waals surface area (Å²) in [6.07, 6.45) is 4.42. The first-order valence-corrected chi connectivity index (χ1v) is 10.3. The fourth-order valence-electron chi connectivity index (χ4n) is 2.38. The average Bonchev–Trinajstić information content (AvgIpc) is 2.88. The summed E-state index contributed by atoms with van der Waals surface area (Å²) >= 11 is 3.54. The molecule has 138 valence electrons. The zero-order valence-corrected chi connectivity index (χ0v) is 17.5. The summed E-state index contributed by atoms with van der Waals surface area (Å²) in [5.41, 5.74) is 1.89. The molecule has 0 fully saturated rings. The number of rotatable bonds is 7. The Labute approximate surface area is 159 Å². The molecule has 1 heterocycles. The fraction of sp³-hybridized carbons (Fsp3) is 0.500. The van der Waals surface area contributed by atoms with E-state index >= 15 is 0 Å². The zero-order valence-electron chi connectivity index (χ0n) is 15.1. The fourth-order valence-corrected chi connectivity index (χ4v) is 3.67. The minimum atomic E-state index is -1.06. The highest BCUT2D eigenvalue weighted by Crippen LogP contribution is 2.22. The van der Waals surface area contributed by atoms with Crippen molar-refractivity contribution in [3.8, 4) is 5.69 Å². The van der Waals surface area contributed by atoms with Crippen LogP contribution in [0.2, 0.25) is 0 Å². The van der Waals surface area contributed by atoms with Crippen LogP contribution in [0.3, 0.4) is 0 Å². The molecule has 1 aromatic carbocycles. The summed E-state index contributed by atoms with van der Waals surface area (Å²) in [4.78, 5) is 0. The van der Waals surface area contributed by atoms with E-state index in [0.29, 0.717) is 0 Å². The van der Waals surface area contributed by atoms with Gasteiger partial charge in [0.1, 0.15) is 5.82 Å². The second-order valence-electron chi connectivity index (χ2n) is 7.12. The van der Waals surface area contributed by atoms with Crippen LogP contribution in [0.25, 0.3) is 5.69 Å². The lowest BCUT2D eigenvalue weighted by Crippen LogP contribution is -2.38. The van der Waals surface area contributed by atoms with Gasteiger partial charge in [0.25, 0.3) is 0 Å². The molecule has 0 saturated carbocycles. The SMILES string of the molecule is C[C@@H](CCCc1c(Br)cnn1-c1ccc(F)cc1)N[S@](=O)C(C)(C)C. The quantitative estimate of drug-likeness (QED) is 0.701. The molecule has 0 aliphatic rings. The maximum atomic E-state index is 13.1. The van der Waals surface area contributed by atoms with Crippen LogP contribution in [0.1, 0.15) is 46.2 Å². The maximum absolute atomic E-state index is 13.1. The van der Waals surface area contributed by atoms with Crippen molar-refractivity contribution < 1.29 is 8.60 Å². The minimum absolute atomic E-state index is 0.168. The molecule has 0 aliphatic carbocycles. The second-order valence-corrected chi connectivity index (χ2v) is 9.97. The highest BCUT2D eigenvalue weighted by molar-refractivity contribution is 9.10. The molecule has 2 aromatic rings. The van der Waals surface area contributed by atoms with Gasteiger partial charge in [-0.1, -0.05) is 0 Å². The number of benzene rings is 1. The van der Waals surface area contributed by atoms with Crippen LogP contribution in [0.15, 0.2) is 34.9 Å². The molecule has 0 amide bonds. The number of nitrogens with zero attached hydrogens (tertiary/aromatic N) is 2. The van der Waals surface area contributed by atoms with Gasteiger partial charge >= 0.3 is 0 Å². The average molecular weight is 430 g/mol. The van der Waals surface area contributed by atoms with Gasteiger partial charge < -0.3 is 0 Å². The van der Waals surface area contributed by atoms with Gasteiger partial charge in [0.2, 0.25) is 0 Å². The first-order valence-electron chi connectivity index (χ1n) is 8.35. The first kappa shape index (κ1) is 20.3. The number of aromatic nitrogens is 2. The predicted molar refractivity (Wildman–Crippen MR) is 105 cm³/mol. The molecule has 1 N–H and O–H groups in total. The number of hydrogen-bond acceptors (Lipinski definition) is 2. The maximum Gasteiger partial charge on any atom is 0.123 e. The highest BCUT2D eigenvalue weighted by Gasteiger charge is 2.21. The van der Waals surface area contributed by atoms with E-state index in [1.807, 2.05) is 25.5 Å². The Hall–Kier alpha value is -1.05. The Morgan fingerprint density at radius 2 is 1.96 bits per heavy atom. The van der Waals surface area contributed by atoms with E-state index in [9.17, 15) is 8.60 Å². The van der Waals surface area contributed by atoms with Gasteiger partial charge in [0, 0.05) is 6.04 Å². The van der Waals surface area contributed by atoms with Crippen LogP contribution in [-0.2, 0) is 17.4 Å². The lowest BCUT2D eigenvalue weighted by atomic mass is 10.1. The van der Waals surface area contributed by atoms with Gasteiger partial charge in [-0.3, -0.25) is 0 Å². The molecule has 0 radical (unpaired) electrons. The molecule has 0 unspecified atom stereocenters. The van der Waals surface area contributed by atoms with Crippen LogP contribution in [-0.4, -0.2) is 24.8 Å². The Balaban J connectivity index is 1.96. The lowest BCUT2D eigenvalue weighted by molar-refractivity contribution is 0.558. The van der Waals surface area contributed by atoms with Gasteiger partial charge in [-0.25, -0.2) is 18.0 Å². The van der Waals surface area contributed by atoms with E-state index < -0.39 is 11.0 Å². The van der Waals surface area contributed by atoms with Crippen LogP contribution < -0.4 is 4.72 Å². The van der Waals surface area contributed by atoms with Crippen LogP contribution >= 0.6 is 15.9 Å². The minimum Gasteiger partial charge on any atom is -0.242 e. The molecular formula is C18H25BrFN3OS. The van der Waals surface area contributed by atoms with E-state index in [1.54, 1.807) is 18.3 Å². The van der Waals surface area contributed by atoms with Crippen LogP contribution in [0.4, 0.5) is 4.39 Å². The molecule has 0 bridgehead atoms. The molecule has 2 atom stereocenters. The standard InChI is InChI=1S/C18H25BrFN3OS/c1-13(22-25(24)18(2,3)4)6-5-7-17-16(19)12-21-23(17)15-10-8-14(20)9-11-15/h8-13,22H,5-7H2,1-4H3/t13-,25+/m0/s1. The number of hydrogen-bond donors (Lipinski definition) is 1. The summed E-state index contributed by atoms with van der Waals surface area (Å²) in [6.45, 7) is 7.93. The van der Waals surface area contributed by atoms with Gasteiger partial charge in [0.05, 0.1) is 37.8 Å². The van der Waals surface area contributed by atoms with Crippen LogP contribution in [0, 0.1) is 5.82 Å². The summed E-state index contributed by atoms with van der Waals surface area (Å²) in [5.74, 6) is -0.261. The Morgan fingerprint density at radius 1 is 1.32 bits per heavy atom. The van der Waals surface area contributed by atoms with E-state index in [2.05, 4.69) is 32.7 Å². The van der Waals surface area contributed by atoms with Crippen molar-refractivity contribution in [1.29, 1.82) is 0 Å². The third-order valence-electron chi connectivity index (χ3n) is 3.80. The molecular weight excluding hydrogens is 405 g/mol. The summed E-state index contributed by atoms with van der Waals surface area (Å²) < 4.78 is 30.9. The number of nitrogens with one attached hydrogen (secondary N) is 1. The highest BCUT2D eigenvalue weighted by atomic mass is 79.9. The first-order chi connectivity index (χ1) is 11.7. The Bertz CT molecular complexity index is 725. The van der Waals surface area contributed by atoms with Gasteiger partial charge in [-0.2, -0.15) is 5.10 Å². The Morgan fingerprint density at radius 3 is 2.56 bits per heavy atom. The van der Waals surface area contributed by atoms with Crippen molar-refractivity contribution >= 4 is 26.9 Å². The topological polar surface area (TPSA) is 46.9 Å². The van der Waals surface area contributed by atoms with Crippen LogP contribution in [0.5, 0.6) is 0 Å². The molecule has 4 nitrogen and oxygen atoms in total. The van der Waals surface area contributed by atoms with Crippen molar-refractivity contribution in [3.63, 3.8) is 0 Å². The van der Waals surface area contributed by atoms with Crippen molar-refractivity contribution in [2.45, 2.75) is 57.7 Å². The van der Waals surface area contributed by atoms with Crippen molar-refractivity contribution in [2.75, 3.05) is 0 Å². The summed E-state index contributed by atoms with van der Waals surface area (Å²) in [7, 11) is -1.06. The van der Waals surface area contributed by atoms with E-state index in [0.717, 1.165) is 35.1 Å². The van der Waals surface area contributed by atoms with E-state index in [-0.39, 0.29) is 16.6 Å². The third kappa shape index (κ3) is 5.72. The third-order valence-corrected chi connectivity index (χ3v) is 6.20.